The number of hydrogen-bond donors (Lipinski definition) is 1. The number of anilines is 1. The number of rotatable bonds is 7. The predicted octanol–water partition coefficient (Wildman–Crippen LogP) is 2.63. The second-order valence-electron chi connectivity index (χ2n) is 6.10. The fourth-order valence-electron chi connectivity index (χ4n) is 2.41. The molecule has 0 saturated heterocycles. The zero-order chi connectivity index (χ0) is 16.3. The molecule has 1 aromatic rings. The van der Waals surface area contributed by atoms with Crippen molar-refractivity contribution < 1.29 is 13.2 Å². The van der Waals surface area contributed by atoms with Crippen molar-refractivity contribution in [2.45, 2.75) is 33.1 Å². The Morgan fingerprint density at radius 1 is 1.36 bits per heavy atom. The van der Waals surface area contributed by atoms with Gasteiger partial charge in [0.15, 0.2) is 0 Å². The van der Waals surface area contributed by atoms with Gasteiger partial charge in [-0.25, -0.2) is 8.42 Å². The Hall–Kier alpha value is -1.56. The summed E-state index contributed by atoms with van der Waals surface area (Å²) in [7, 11) is -3.36. The van der Waals surface area contributed by atoms with Gasteiger partial charge in [-0.2, -0.15) is 0 Å². The van der Waals surface area contributed by atoms with E-state index in [9.17, 15) is 13.2 Å². The van der Waals surface area contributed by atoms with Crippen LogP contribution in [0.25, 0.3) is 0 Å². The van der Waals surface area contributed by atoms with E-state index < -0.39 is 10.0 Å². The lowest BCUT2D eigenvalue weighted by Crippen LogP contribution is -2.33. The summed E-state index contributed by atoms with van der Waals surface area (Å²) in [5.41, 5.74) is 1.80. The summed E-state index contributed by atoms with van der Waals surface area (Å²) in [5, 5.41) is 0. The molecule has 1 N–H and O–H groups in total. The molecule has 22 heavy (non-hydrogen) atoms. The van der Waals surface area contributed by atoms with Gasteiger partial charge in [-0.1, -0.05) is 13.0 Å². The van der Waals surface area contributed by atoms with Crippen LogP contribution in [0, 0.1) is 12.8 Å². The van der Waals surface area contributed by atoms with E-state index in [0.29, 0.717) is 17.2 Å². The first-order valence-electron chi connectivity index (χ1n) is 7.68. The first-order chi connectivity index (χ1) is 10.3. The minimum Gasteiger partial charge on any atom is -0.338 e. The van der Waals surface area contributed by atoms with Crippen LogP contribution >= 0.6 is 0 Å². The maximum absolute atomic E-state index is 12.7. The maximum Gasteiger partial charge on any atom is 0.253 e. The number of nitrogens with zero attached hydrogens (tertiary/aromatic N) is 1. The summed E-state index contributed by atoms with van der Waals surface area (Å²) in [4.78, 5) is 14.6. The lowest BCUT2D eigenvalue weighted by Gasteiger charge is -2.22. The van der Waals surface area contributed by atoms with Crippen molar-refractivity contribution in [2.24, 2.45) is 5.92 Å². The van der Waals surface area contributed by atoms with Crippen LogP contribution in [0.5, 0.6) is 0 Å². The molecule has 0 unspecified atom stereocenters. The van der Waals surface area contributed by atoms with Gasteiger partial charge < -0.3 is 4.90 Å². The molecule has 0 spiro atoms. The van der Waals surface area contributed by atoms with Gasteiger partial charge in [-0.3, -0.25) is 9.52 Å². The zero-order valence-corrected chi connectivity index (χ0v) is 14.2. The van der Waals surface area contributed by atoms with Crippen LogP contribution in [0.15, 0.2) is 18.2 Å². The summed E-state index contributed by atoms with van der Waals surface area (Å²) in [5.74, 6) is 0.611. The molecule has 5 nitrogen and oxygen atoms in total. The molecule has 2 rings (SSSR count). The van der Waals surface area contributed by atoms with Crippen molar-refractivity contribution in [2.75, 3.05) is 24.1 Å². The van der Waals surface area contributed by atoms with Crippen molar-refractivity contribution >= 4 is 21.6 Å². The van der Waals surface area contributed by atoms with Gasteiger partial charge in [0, 0.05) is 18.7 Å². The molecule has 0 bridgehead atoms. The number of carbonyl (C=O) groups is 1. The van der Waals surface area contributed by atoms with Crippen LogP contribution in [0.3, 0.4) is 0 Å². The third-order valence-corrected chi connectivity index (χ3v) is 4.33. The van der Waals surface area contributed by atoms with E-state index in [4.69, 9.17) is 0 Å². The lowest BCUT2D eigenvalue weighted by atomic mass is 10.1. The summed E-state index contributed by atoms with van der Waals surface area (Å²) in [6.45, 7) is 5.40. The first-order valence-corrected chi connectivity index (χ1v) is 9.57. The van der Waals surface area contributed by atoms with Crippen LogP contribution in [0.4, 0.5) is 5.69 Å². The number of nitrogens with one attached hydrogen (secondary N) is 1. The molecule has 0 radical (unpaired) electrons. The molecule has 0 atom stereocenters. The molecule has 1 aliphatic carbocycles. The molecule has 6 heteroatoms. The van der Waals surface area contributed by atoms with E-state index in [1.807, 2.05) is 11.8 Å². The minimum absolute atomic E-state index is 0.0229. The highest BCUT2D eigenvalue weighted by Crippen LogP contribution is 2.30. The lowest BCUT2D eigenvalue weighted by molar-refractivity contribution is 0.0748. The fourth-order valence-corrected chi connectivity index (χ4v) is 3.02. The van der Waals surface area contributed by atoms with Gasteiger partial charge in [0.2, 0.25) is 10.0 Å². The Balaban J connectivity index is 2.22. The molecule has 1 aliphatic rings. The Bertz CT molecular complexity index is 651. The van der Waals surface area contributed by atoms with Crippen molar-refractivity contribution in [3.63, 3.8) is 0 Å². The molecule has 1 aromatic carbocycles. The minimum atomic E-state index is -3.36. The van der Waals surface area contributed by atoms with Gasteiger partial charge in [0.25, 0.3) is 5.91 Å². The standard InChI is InChI=1S/C16H24N2O3S/c1-4-9-18(11-13-6-7-13)16(19)14-8-5-12(2)15(10-14)17-22(3,20)21/h5,8,10,13,17H,4,6-7,9,11H2,1-3H3. The molecular formula is C16H24N2O3S. The van der Waals surface area contributed by atoms with Crippen LogP contribution < -0.4 is 4.72 Å². The molecule has 1 amide bonds. The van der Waals surface area contributed by atoms with E-state index in [0.717, 1.165) is 31.3 Å². The van der Waals surface area contributed by atoms with Crippen molar-refractivity contribution in [1.82, 2.24) is 4.90 Å². The molecule has 1 fully saturated rings. The topological polar surface area (TPSA) is 66.5 Å². The van der Waals surface area contributed by atoms with Crippen molar-refractivity contribution in [3.8, 4) is 0 Å². The van der Waals surface area contributed by atoms with Gasteiger partial charge >= 0.3 is 0 Å². The van der Waals surface area contributed by atoms with E-state index >= 15 is 0 Å². The van der Waals surface area contributed by atoms with E-state index in [2.05, 4.69) is 11.6 Å². The molecule has 0 heterocycles. The Morgan fingerprint density at radius 3 is 2.59 bits per heavy atom. The van der Waals surface area contributed by atoms with Crippen LogP contribution in [-0.4, -0.2) is 38.6 Å². The quantitative estimate of drug-likeness (QED) is 0.838. The number of amides is 1. The molecular weight excluding hydrogens is 300 g/mol. The van der Waals surface area contributed by atoms with E-state index in [-0.39, 0.29) is 5.91 Å². The van der Waals surface area contributed by atoms with Crippen molar-refractivity contribution in [3.05, 3.63) is 29.3 Å². The number of aryl methyl sites for hydroxylation is 1. The van der Waals surface area contributed by atoms with E-state index in [1.54, 1.807) is 18.2 Å². The normalized spacial score (nSPS) is 14.7. The molecule has 0 aliphatic heterocycles. The zero-order valence-electron chi connectivity index (χ0n) is 13.4. The average molecular weight is 324 g/mol. The first kappa shape index (κ1) is 16.8. The highest BCUT2D eigenvalue weighted by atomic mass is 32.2. The summed E-state index contributed by atoms with van der Waals surface area (Å²) in [6, 6.07) is 5.18. The Morgan fingerprint density at radius 2 is 2.05 bits per heavy atom. The third-order valence-electron chi connectivity index (χ3n) is 3.74. The van der Waals surface area contributed by atoms with Crippen LogP contribution in [0.1, 0.15) is 42.1 Å². The monoisotopic (exact) mass is 324 g/mol. The fraction of sp³-hybridized carbons (Fsp3) is 0.562. The average Bonchev–Trinajstić information content (AvgIpc) is 3.22. The Kier molecular flexibility index (Phi) is 5.11. The van der Waals surface area contributed by atoms with Gasteiger partial charge in [0.1, 0.15) is 0 Å². The summed E-state index contributed by atoms with van der Waals surface area (Å²) >= 11 is 0. The van der Waals surface area contributed by atoms with Gasteiger partial charge in [0.05, 0.1) is 11.9 Å². The second-order valence-corrected chi connectivity index (χ2v) is 7.85. The van der Waals surface area contributed by atoms with Gasteiger partial charge in [-0.15, -0.1) is 0 Å². The molecule has 1 saturated carbocycles. The van der Waals surface area contributed by atoms with E-state index in [1.165, 1.54) is 12.8 Å². The summed E-state index contributed by atoms with van der Waals surface area (Å²) in [6.07, 6.45) is 4.42. The number of benzene rings is 1. The SMILES string of the molecule is CCCN(CC1CC1)C(=O)c1ccc(C)c(NS(C)(=O)=O)c1. The van der Waals surface area contributed by atoms with Crippen LogP contribution in [0.2, 0.25) is 0 Å². The highest BCUT2D eigenvalue weighted by molar-refractivity contribution is 7.92. The molecule has 0 aromatic heterocycles. The van der Waals surface area contributed by atoms with Gasteiger partial charge in [-0.05, 0) is 49.8 Å². The largest absolute Gasteiger partial charge is 0.338 e. The Labute approximate surface area is 132 Å². The third kappa shape index (κ3) is 4.73. The van der Waals surface area contributed by atoms with Crippen LogP contribution in [-0.2, 0) is 10.0 Å². The molecule has 122 valence electrons. The highest BCUT2D eigenvalue weighted by Gasteiger charge is 2.27. The smallest absolute Gasteiger partial charge is 0.253 e. The number of hydrogen-bond acceptors (Lipinski definition) is 3. The van der Waals surface area contributed by atoms with Crippen molar-refractivity contribution in [1.29, 1.82) is 0 Å². The maximum atomic E-state index is 12.7. The number of carbonyl (C=O) groups excluding carboxylic acids is 1. The number of sulfonamides is 1. The summed E-state index contributed by atoms with van der Waals surface area (Å²) < 4.78 is 25.3. The second kappa shape index (κ2) is 6.69. The predicted molar refractivity (Wildman–Crippen MR) is 88.6 cm³/mol.